The fraction of sp³-hybridized carbons (Fsp3) is 0.211. The van der Waals surface area contributed by atoms with Crippen molar-refractivity contribution < 1.29 is 9.84 Å². The molecule has 4 rings (SSSR count). The molecule has 0 radical (unpaired) electrons. The van der Waals surface area contributed by atoms with Gasteiger partial charge >= 0.3 is 0 Å². The van der Waals surface area contributed by atoms with Gasteiger partial charge in [0.1, 0.15) is 30.3 Å². The fourth-order valence-electron chi connectivity index (χ4n) is 3.17. The monoisotopic (exact) mass is 347 g/mol. The van der Waals surface area contributed by atoms with E-state index in [4.69, 9.17) is 10.00 Å². The third kappa shape index (κ3) is 3.04. The van der Waals surface area contributed by atoms with Gasteiger partial charge in [-0.25, -0.2) is 0 Å². The van der Waals surface area contributed by atoms with Crippen LogP contribution in [0.5, 0.6) is 5.75 Å². The standard InChI is InChI=1S/C19H17N5O2/c20-10-16-18(23-24-22-16)13-4-1-3-12(9-13)11-26-17-6-2-5-15-14(17)7-8-21-19(15)25/h1-6,9,19,21,25H,7-8,11H2,(H,22,23,24). The molecule has 7 nitrogen and oxygen atoms in total. The number of aliphatic hydroxyl groups excluding tert-OH is 1. The Morgan fingerprint density at radius 1 is 1.23 bits per heavy atom. The van der Waals surface area contributed by atoms with E-state index in [1.807, 2.05) is 48.5 Å². The van der Waals surface area contributed by atoms with Gasteiger partial charge in [-0.1, -0.05) is 30.3 Å². The van der Waals surface area contributed by atoms with Crippen LogP contribution in [0, 0.1) is 11.3 Å². The Morgan fingerprint density at radius 3 is 3.00 bits per heavy atom. The lowest BCUT2D eigenvalue weighted by molar-refractivity contribution is 0.131. The quantitative estimate of drug-likeness (QED) is 0.667. The van der Waals surface area contributed by atoms with Gasteiger partial charge in [0, 0.05) is 23.2 Å². The molecule has 2 heterocycles. The summed E-state index contributed by atoms with van der Waals surface area (Å²) in [6, 6.07) is 15.4. The second-order valence-electron chi connectivity index (χ2n) is 6.05. The summed E-state index contributed by atoms with van der Waals surface area (Å²) in [4.78, 5) is 0. The second kappa shape index (κ2) is 6.96. The van der Waals surface area contributed by atoms with Crippen molar-refractivity contribution in [2.75, 3.05) is 6.54 Å². The molecule has 1 atom stereocenters. The molecule has 0 spiro atoms. The molecule has 1 aliphatic heterocycles. The van der Waals surface area contributed by atoms with Crippen molar-refractivity contribution in [1.82, 2.24) is 20.7 Å². The summed E-state index contributed by atoms with van der Waals surface area (Å²) in [6.07, 6.45) is 0.162. The van der Waals surface area contributed by atoms with Crippen LogP contribution in [0.25, 0.3) is 11.3 Å². The molecule has 130 valence electrons. The molecule has 0 bridgehead atoms. The third-order valence-corrected chi connectivity index (χ3v) is 4.43. The van der Waals surface area contributed by atoms with Crippen LogP contribution in [-0.2, 0) is 13.0 Å². The predicted molar refractivity (Wildman–Crippen MR) is 94.0 cm³/mol. The molecule has 0 amide bonds. The Hall–Kier alpha value is -3.21. The van der Waals surface area contributed by atoms with Crippen molar-refractivity contribution in [3.63, 3.8) is 0 Å². The largest absolute Gasteiger partial charge is 0.489 e. The summed E-state index contributed by atoms with van der Waals surface area (Å²) in [5.41, 5.74) is 4.47. The van der Waals surface area contributed by atoms with Crippen molar-refractivity contribution in [2.24, 2.45) is 0 Å². The van der Waals surface area contributed by atoms with Crippen molar-refractivity contribution in [2.45, 2.75) is 19.3 Å². The first-order valence-corrected chi connectivity index (χ1v) is 8.32. The van der Waals surface area contributed by atoms with Crippen molar-refractivity contribution >= 4 is 0 Å². The Bertz CT molecular complexity index is 976. The highest BCUT2D eigenvalue weighted by molar-refractivity contribution is 5.64. The minimum absolute atomic E-state index is 0.265. The number of hydrogen-bond acceptors (Lipinski definition) is 6. The van der Waals surface area contributed by atoms with E-state index in [1.54, 1.807) is 0 Å². The number of benzene rings is 2. The highest BCUT2D eigenvalue weighted by atomic mass is 16.5. The van der Waals surface area contributed by atoms with E-state index in [2.05, 4.69) is 20.7 Å². The minimum Gasteiger partial charge on any atom is -0.489 e. The van der Waals surface area contributed by atoms with Crippen LogP contribution < -0.4 is 10.1 Å². The molecule has 1 unspecified atom stereocenters. The van der Waals surface area contributed by atoms with E-state index in [0.29, 0.717) is 18.8 Å². The van der Waals surface area contributed by atoms with Crippen LogP contribution in [0.3, 0.4) is 0 Å². The number of aromatic nitrogens is 3. The Balaban J connectivity index is 1.56. The van der Waals surface area contributed by atoms with Gasteiger partial charge < -0.3 is 9.84 Å². The highest BCUT2D eigenvalue weighted by Crippen LogP contribution is 2.30. The maximum absolute atomic E-state index is 10.1. The predicted octanol–water partition coefficient (Wildman–Crippen LogP) is 2.06. The highest BCUT2D eigenvalue weighted by Gasteiger charge is 2.20. The number of fused-ring (bicyclic) bond motifs is 1. The zero-order valence-electron chi connectivity index (χ0n) is 13.9. The van der Waals surface area contributed by atoms with Crippen molar-refractivity contribution in [1.29, 1.82) is 5.26 Å². The molecule has 0 saturated carbocycles. The zero-order chi connectivity index (χ0) is 17.9. The number of rotatable bonds is 4. The molecule has 0 aliphatic carbocycles. The Labute approximate surface area is 150 Å². The first-order valence-electron chi connectivity index (χ1n) is 8.32. The Morgan fingerprint density at radius 2 is 2.12 bits per heavy atom. The maximum atomic E-state index is 10.1. The maximum Gasteiger partial charge on any atom is 0.190 e. The molecule has 2 aromatic carbocycles. The molecule has 26 heavy (non-hydrogen) atoms. The van der Waals surface area contributed by atoms with Gasteiger partial charge in [-0.3, -0.25) is 5.32 Å². The zero-order valence-corrected chi connectivity index (χ0v) is 13.9. The number of nitrogens with one attached hydrogen (secondary N) is 2. The van der Waals surface area contributed by atoms with E-state index in [1.165, 1.54) is 0 Å². The van der Waals surface area contributed by atoms with Crippen LogP contribution in [0.15, 0.2) is 42.5 Å². The summed E-state index contributed by atoms with van der Waals surface area (Å²) in [6.45, 7) is 1.10. The lowest BCUT2D eigenvalue weighted by Gasteiger charge is -2.24. The lowest BCUT2D eigenvalue weighted by atomic mass is 9.98. The van der Waals surface area contributed by atoms with E-state index in [0.717, 1.165) is 34.4 Å². The summed E-state index contributed by atoms with van der Waals surface area (Å²) in [5, 5.41) is 32.5. The van der Waals surface area contributed by atoms with Gasteiger partial charge in [-0.2, -0.15) is 15.6 Å². The van der Waals surface area contributed by atoms with E-state index in [9.17, 15) is 5.11 Å². The lowest BCUT2D eigenvalue weighted by Crippen LogP contribution is -2.29. The molecule has 3 N–H and O–H groups in total. The number of nitrogens with zero attached hydrogens (tertiary/aromatic N) is 3. The third-order valence-electron chi connectivity index (χ3n) is 4.43. The van der Waals surface area contributed by atoms with E-state index >= 15 is 0 Å². The van der Waals surface area contributed by atoms with Gasteiger partial charge in [0.2, 0.25) is 0 Å². The second-order valence-corrected chi connectivity index (χ2v) is 6.05. The van der Waals surface area contributed by atoms with Gasteiger partial charge in [0.25, 0.3) is 0 Å². The van der Waals surface area contributed by atoms with Gasteiger partial charge in [0.05, 0.1) is 0 Å². The van der Waals surface area contributed by atoms with E-state index < -0.39 is 6.23 Å². The normalized spacial score (nSPS) is 15.9. The van der Waals surface area contributed by atoms with Crippen LogP contribution in [0.4, 0.5) is 0 Å². The van der Waals surface area contributed by atoms with Crippen LogP contribution >= 0.6 is 0 Å². The van der Waals surface area contributed by atoms with Crippen LogP contribution in [0.2, 0.25) is 0 Å². The van der Waals surface area contributed by atoms with Crippen molar-refractivity contribution in [3.05, 3.63) is 64.8 Å². The molecule has 0 saturated heterocycles. The van der Waals surface area contributed by atoms with E-state index in [-0.39, 0.29) is 5.69 Å². The molecule has 1 aliphatic rings. The fourth-order valence-corrected chi connectivity index (χ4v) is 3.17. The average molecular weight is 347 g/mol. The first-order chi connectivity index (χ1) is 12.8. The summed E-state index contributed by atoms with van der Waals surface area (Å²) in [7, 11) is 0. The van der Waals surface area contributed by atoms with Gasteiger partial charge in [0.15, 0.2) is 5.69 Å². The number of aliphatic hydroxyl groups is 1. The van der Waals surface area contributed by atoms with Crippen molar-refractivity contribution in [3.8, 4) is 23.1 Å². The SMILES string of the molecule is N#Cc1n[nH]nc1-c1cccc(COc2cccc3c2CCNC3O)c1. The smallest absolute Gasteiger partial charge is 0.190 e. The number of hydrogen-bond donors (Lipinski definition) is 3. The molecule has 0 fully saturated rings. The summed E-state index contributed by atoms with van der Waals surface area (Å²) >= 11 is 0. The van der Waals surface area contributed by atoms with Crippen LogP contribution in [0.1, 0.15) is 28.6 Å². The molecule has 1 aromatic heterocycles. The topological polar surface area (TPSA) is 107 Å². The molecular weight excluding hydrogens is 330 g/mol. The number of aromatic amines is 1. The molecule has 3 aromatic rings. The minimum atomic E-state index is -0.651. The number of nitriles is 1. The summed E-state index contributed by atoms with van der Waals surface area (Å²) in [5.74, 6) is 0.785. The Kier molecular flexibility index (Phi) is 4.35. The number of ether oxygens (including phenoxy) is 1. The number of H-pyrrole nitrogens is 1. The van der Waals surface area contributed by atoms with Gasteiger partial charge in [-0.05, 0) is 24.1 Å². The molecule has 7 heteroatoms. The molecular formula is C19H17N5O2. The van der Waals surface area contributed by atoms with Crippen LogP contribution in [-0.4, -0.2) is 27.1 Å². The first kappa shape index (κ1) is 16.3. The van der Waals surface area contributed by atoms with Gasteiger partial charge in [-0.15, -0.1) is 5.10 Å². The average Bonchev–Trinajstić information content (AvgIpc) is 3.16. The summed E-state index contributed by atoms with van der Waals surface area (Å²) < 4.78 is 6.02.